The van der Waals surface area contributed by atoms with E-state index in [0.717, 1.165) is 13.0 Å². The second kappa shape index (κ2) is 5.70. The zero-order valence-corrected chi connectivity index (χ0v) is 13.7. The van der Waals surface area contributed by atoms with Gasteiger partial charge in [-0.2, -0.15) is 0 Å². The van der Waals surface area contributed by atoms with Crippen molar-refractivity contribution < 1.29 is 0 Å². The summed E-state index contributed by atoms with van der Waals surface area (Å²) < 4.78 is 0. The quantitative estimate of drug-likeness (QED) is 0.897. The van der Waals surface area contributed by atoms with Crippen LogP contribution >= 0.6 is 11.3 Å². The van der Waals surface area contributed by atoms with Gasteiger partial charge in [-0.25, -0.2) is 4.98 Å². The van der Waals surface area contributed by atoms with Crippen molar-refractivity contribution in [3.8, 4) is 0 Å². The molecule has 0 aliphatic carbocycles. The Morgan fingerprint density at radius 3 is 2.22 bits per heavy atom. The van der Waals surface area contributed by atoms with E-state index in [1.165, 1.54) is 10.7 Å². The summed E-state index contributed by atoms with van der Waals surface area (Å²) >= 11 is 1.81. The Labute approximate surface area is 116 Å². The third kappa shape index (κ3) is 4.36. The second-order valence-electron chi connectivity index (χ2n) is 7.20. The lowest BCUT2D eigenvalue weighted by atomic mass is 9.79. The highest BCUT2D eigenvalue weighted by atomic mass is 32.1. The minimum atomic E-state index is 0.162. The van der Waals surface area contributed by atoms with Crippen molar-refractivity contribution in [3.05, 3.63) is 16.1 Å². The number of rotatable bonds is 4. The Bertz CT molecular complexity index is 369. The predicted octanol–water partition coefficient (Wildman–Crippen LogP) is 3.86. The minimum absolute atomic E-state index is 0.162. The zero-order chi connectivity index (χ0) is 14.0. The first kappa shape index (κ1) is 15.6. The van der Waals surface area contributed by atoms with Crippen molar-refractivity contribution in [2.75, 3.05) is 13.6 Å². The Morgan fingerprint density at radius 1 is 1.22 bits per heavy atom. The first-order chi connectivity index (χ1) is 8.14. The topological polar surface area (TPSA) is 24.9 Å². The molecule has 1 aromatic rings. The van der Waals surface area contributed by atoms with Gasteiger partial charge in [0.05, 0.1) is 10.7 Å². The summed E-state index contributed by atoms with van der Waals surface area (Å²) in [7, 11) is 2.03. The fraction of sp³-hybridized carbons (Fsp3) is 0.800. The normalized spacial score (nSPS) is 14.8. The van der Waals surface area contributed by atoms with Crippen molar-refractivity contribution in [3.63, 3.8) is 0 Å². The largest absolute Gasteiger partial charge is 0.319 e. The summed E-state index contributed by atoms with van der Waals surface area (Å²) in [5.41, 5.74) is 1.70. The summed E-state index contributed by atoms with van der Waals surface area (Å²) in [6, 6.07) is 0. The molecule has 1 atom stereocenters. The van der Waals surface area contributed by atoms with E-state index in [1.54, 1.807) is 0 Å². The van der Waals surface area contributed by atoms with Gasteiger partial charge in [0.2, 0.25) is 0 Å². The molecule has 1 aromatic heterocycles. The highest BCUT2D eigenvalue weighted by Crippen LogP contribution is 2.31. The van der Waals surface area contributed by atoms with E-state index in [0.29, 0.717) is 11.3 Å². The fourth-order valence-corrected chi connectivity index (χ4v) is 2.99. The van der Waals surface area contributed by atoms with Gasteiger partial charge in [0.1, 0.15) is 0 Å². The Kier molecular flexibility index (Phi) is 4.96. The second-order valence-corrected chi connectivity index (χ2v) is 8.14. The third-order valence-corrected chi connectivity index (χ3v) is 4.29. The van der Waals surface area contributed by atoms with Crippen LogP contribution in [-0.2, 0) is 11.8 Å². The standard InChI is InChI=1S/C15H28N2S/c1-14(2,3)11(9-16-7)8-13-17-12(10-18-13)15(4,5)6/h10-11,16H,8-9H2,1-7H3. The average Bonchev–Trinajstić information content (AvgIpc) is 2.63. The average molecular weight is 268 g/mol. The van der Waals surface area contributed by atoms with Crippen LogP contribution in [0.15, 0.2) is 5.38 Å². The molecule has 0 saturated heterocycles. The summed E-state index contributed by atoms with van der Waals surface area (Å²) in [6.07, 6.45) is 1.07. The van der Waals surface area contributed by atoms with E-state index in [9.17, 15) is 0 Å². The van der Waals surface area contributed by atoms with Crippen LogP contribution in [0.4, 0.5) is 0 Å². The number of aromatic nitrogens is 1. The van der Waals surface area contributed by atoms with Gasteiger partial charge in [0, 0.05) is 17.2 Å². The molecule has 1 unspecified atom stereocenters. The summed E-state index contributed by atoms with van der Waals surface area (Å²) in [5, 5.41) is 6.80. The van der Waals surface area contributed by atoms with Crippen LogP contribution in [0.1, 0.15) is 52.2 Å². The summed E-state index contributed by atoms with van der Waals surface area (Å²) in [6.45, 7) is 14.7. The maximum absolute atomic E-state index is 4.81. The molecular formula is C15H28N2S. The molecule has 0 radical (unpaired) electrons. The molecule has 0 aliphatic rings. The molecule has 0 aliphatic heterocycles. The number of thiazole rings is 1. The molecule has 1 heterocycles. The molecule has 1 rings (SSSR count). The zero-order valence-electron chi connectivity index (χ0n) is 12.9. The van der Waals surface area contributed by atoms with Crippen LogP contribution < -0.4 is 5.32 Å². The van der Waals surface area contributed by atoms with Gasteiger partial charge in [0.15, 0.2) is 0 Å². The lowest BCUT2D eigenvalue weighted by Gasteiger charge is -2.30. The van der Waals surface area contributed by atoms with Crippen molar-refractivity contribution in [1.82, 2.24) is 10.3 Å². The van der Waals surface area contributed by atoms with Crippen LogP contribution in [0.3, 0.4) is 0 Å². The maximum atomic E-state index is 4.81. The predicted molar refractivity (Wildman–Crippen MR) is 81.4 cm³/mol. The molecule has 18 heavy (non-hydrogen) atoms. The molecular weight excluding hydrogens is 240 g/mol. The van der Waals surface area contributed by atoms with Gasteiger partial charge >= 0.3 is 0 Å². The smallest absolute Gasteiger partial charge is 0.0931 e. The van der Waals surface area contributed by atoms with E-state index in [1.807, 2.05) is 18.4 Å². The Hall–Kier alpha value is -0.410. The molecule has 2 nitrogen and oxygen atoms in total. The SMILES string of the molecule is CNCC(Cc1nc(C(C)(C)C)cs1)C(C)(C)C. The molecule has 104 valence electrons. The van der Waals surface area contributed by atoms with Crippen LogP contribution in [0.25, 0.3) is 0 Å². The molecule has 0 aromatic carbocycles. The first-order valence-corrected chi connectivity index (χ1v) is 7.62. The van der Waals surface area contributed by atoms with E-state index < -0.39 is 0 Å². The number of hydrogen-bond donors (Lipinski definition) is 1. The molecule has 0 spiro atoms. The number of nitrogens with one attached hydrogen (secondary N) is 1. The highest BCUT2D eigenvalue weighted by Gasteiger charge is 2.26. The molecule has 0 saturated carbocycles. The van der Waals surface area contributed by atoms with Gasteiger partial charge in [-0.15, -0.1) is 11.3 Å². The van der Waals surface area contributed by atoms with Crippen molar-refractivity contribution in [2.24, 2.45) is 11.3 Å². The Balaban J connectivity index is 2.79. The van der Waals surface area contributed by atoms with E-state index >= 15 is 0 Å². The van der Waals surface area contributed by atoms with Gasteiger partial charge in [-0.3, -0.25) is 0 Å². The minimum Gasteiger partial charge on any atom is -0.319 e. The highest BCUT2D eigenvalue weighted by molar-refractivity contribution is 7.09. The summed E-state index contributed by atoms with van der Waals surface area (Å²) in [4.78, 5) is 4.81. The number of nitrogens with zero attached hydrogens (tertiary/aromatic N) is 1. The molecule has 3 heteroatoms. The molecule has 0 amide bonds. The van der Waals surface area contributed by atoms with Gasteiger partial charge in [-0.05, 0) is 24.9 Å². The molecule has 1 N–H and O–H groups in total. The van der Waals surface area contributed by atoms with E-state index in [4.69, 9.17) is 4.98 Å². The van der Waals surface area contributed by atoms with Crippen LogP contribution in [0.2, 0.25) is 0 Å². The van der Waals surface area contributed by atoms with Gasteiger partial charge in [-0.1, -0.05) is 41.5 Å². The van der Waals surface area contributed by atoms with Crippen LogP contribution in [-0.4, -0.2) is 18.6 Å². The van der Waals surface area contributed by atoms with Crippen molar-refractivity contribution in [2.45, 2.75) is 53.4 Å². The van der Waals surface area contributed by atoms with Crippen molar-refractivity contribution in [1.29, 1.82) is 0 Å². The molecule has 0 bridgehead atoms. The summed E-state index contributed by atoms with van der Waals surface area (Å²) in [5.74, 6) is 0.626. The van der Waals surface area contributed by atoms with Crippen LogP contribution in [0, 0.1) is 11.3 Å². The third-order valence-electron chi connectivity index (χ3n) is 3.42. The van der Waals surface area contributed by atoms with Gasteiger partial charge in [0.25, 0.3) is 0 Å². The van der Waals surface area contributed by atoms with Crippen molar-refractivity contribution >= 4 is 11.3 Å². The van der Waals surface area contributed by atoms with Gasteiger partial charge < -0.3 is 5.32 Å². The van der Waals surface area contributed by atoms with E-state index in [-0.39, 0.29) is 5.41 Å². The van der Waals surface area contributed by atoms with E-state index in [2.05, 4.69) is 52.2 Å². The monoisotopic (exact) mass is 268 g/mol. The molecule has 0 fully saturated rings. The van der Waals surface area contributed by atoms with Crippen LogP contribution in [0.5, 0.6) is 0 Å². The Morgan fingerprint density at radius 2 is 1.83 bits per heavy atom. The lowest BCUT2D eigenvalue weighted by molar-refractivity contribution is 0.234. The fourth-order valence-electron chi connectivity index (χ4n) is 1.89. The first-order valence-electron chi connectivity index (χ1n) is 6.74. The number of hydrogen-bond acceptors (Lipinski definition) is 3. The maximum Gasteiger partial charge on any atom is 0.0931 e. The lowest BCUT2D eigenvalue weighted by Crippen LogP contribution is -2.31.